The molecule has 0 aliphatic carbocycles. The Labute approximate surface area is 167 Å². The molecule has 1 aromatic carbocycles. The van der Waals surface area contributed by atoms with Crippen LogP contribution in [0.1, 0.15) is 24.6 Å². The van der Waals surface area contributed by atoms with Crippen LogP contribution in [0.5, 0.6) is 0 Å². The number of rotatable bonds is 7. The van der Waals surface area contributed by atoms with E-state index in [9.17, 15) is 4.79 Å². The zero-order chi connectivity index (χ0) is 18.6. The first-order chi connectivity index (χ1) is 13.2. The minimum absolute atomic E-state index is 0.112. The summed E-state index contributed by atoms with van der Waals surface area (Å²) in [5.74, 6) is 0.823. The van der Waals surface area contributed by atoms with Gasteiger partial charge in [0.05, 0.1) is 23.8 Å². The van der Waals surface area contributed by atoms with Crippen LogP contribution in [-0.2, 0) is 28.9 Å². The molecule has 0 radical (unpaired) electrons. The molecule has 4 rings (SSSR count). The second-order valence-electron chi connectivity index (χ2n) is 6.80. The quantitative estimate of drug-likeness (QED) is 0.521. The van der Waals surface area contributed by atoms with Crippen molar-refractivity contribution in [3.05, 3.63) is 51.9 Å². The molecule has 0 amide bonds. The molecule has 0 saturated carbocycles. The maximum absolute atomic E-state index is 13.1. The Balaban J connectivity index is 1.53. The highest BCUT2D eigenvalue weighted by atomic mass is 32.2. The van der Waals surface area contributed by atoms with Crippen LogP contribution >= 0.6 is 23.5 Å². The number of benzene rings is 1. The van der Waals surface area contributed by atoms with E-state index >= 15 is 0 Å². The number of fused-ring (bicyclic) bond motifs is 1. The molecular weight excluding hydrogens is 380 g/mol. The molecule has 2 aliphatic heterocycles. The monoisotopic (exact) mass is 404 g/mol. The highest BCUT2D eigenvalue weighted by Crippen LogP contribution is 2.34. The smallest absolute Gasteiger partial charge is 0.268 e. The summed E-state index contributed by atoms with van der Waals surface area (Å²) in [4.78, 5) is 18.8. The first-order valence-corrected chi connectivity index (χ1v) is 11.3. The Morgan fingerprint density at radius 1 is 1.26 bits per heavy atom. The average Bonchev–Trinajstić information content (AvgIpc) is 3.31. The Kier molecular flexibility index (Phi) is 6.22. The molecule has 144 valence electrons. The molecular formula is C20H24N2O3S2. The summed E-state index contributed by atoms with van der Waals surface area (Å²) < 4.78 is 12.9. The van der Waals surface area contributed by atoms with Gasteiger partial charge in [-0.3, -0.25) is 9.36 Å². The summed E-state index contributed by atoms with van der Waals surface area (Å²) in [5.41, 5.74) is 2.31. The van der Waals surface area contributed by atoms with Gasteiger partial charge in [0.1, 0.15) is 0 Å². The van der Waals surface area contributed by atoms with Crippen LogP contribution in [0.25, 0.3) is 0 Å². The predicted molar refractivity (Wildman–Crippen MR) is 109 cm³/mol. The van der Waals surface area contributed by atoms with Gasteiger partial charge in [-0.15, -0.1) is 11.8 Å². The summed E-state index contributed by atoms with van der Waals surface area (Å²) in [7, 11) is 0. The fourth-order valence-corrected chi connectivity index (χ4v) is 5.46. The van der Waals surface area contributed by atoms with E-state index in [-0.39, 0.29) is 11.8 Å². The predicted octanol–water partition coefficient (Wildman–Crippen LogP) is 3.38. The fraction of sp³-hybridized carbons (Fsp3) is 0.500. The zero-order valence-corrected chi connectivity index (χ0v) is 17.1. The van der Waals surface area contributed by atoms with Crippen molar-refractivity contribution in [1.82, 2.24) is 9.55 Å². The van der Waals surface area contributed by atoms with Crippen LogP contribution in [0.2, 0.25) is 0 Å². The van der Waals surface area contributed by atoms with Crippen LogP contribution in [0.3, 0.4) is 0 Å². The van der Waals surface area contributed by atoms with Gasteiger partial charge in [0.2, 0.25) is 0 Å². The van der Waals surface area contributed by atoms with Gasteiger partial charge in [0, 0.05) is 30.4 Å². The van der Waals surface area contributed by atoms with Gasteiger partial charge >= 0.3 is 0 Å². The molecule has 0 bridgehead atoms. The molecule has 1 fully saturated rings. The summed E-state index contributed by atoms with van der Waals surface area (Å²) in [5, 5.41) is 1.24. The van der Waals surface area contributed by atoms with Crippen molar-refractivity contribution in [2.75, 3.05) is 19.0 Å². The Bertz CT molecular complexity index is 835. The first kappa shape index (κ1) is 19.1. The van der Waals surface area contributed by atoms with Gasteiger partial charge in [0.25, 0.3) is 5.56 Å². The minimum atomic E-state index is -0.119. The van der Waals surface area contributed by atoms with Crippen molar-refractivity contribution < 1.29 is 9.47 Å². The standard InChI is InChI=1S/C20H24N2O3S2/c1-14-13-16-18(27-14)19(23)22(9-7-15-5-3-2-4-6-15)20(21-16)26-12-8-17-24-10-11-25-17/h2-6,14,17H,7-13H2,1H3. The third-order valence-corrected chi connectivity index (χ3v) is 6.93. The minimum Gasteiger partial charge on any atom is -0.350 e. The Hall–Kier alpha value is -1.28. The van der Waals surface area contributed by atoms with Crippen LogP contribution in [0.15, 0.2) is 45.2 Å². The number of hydrogen-bond donors (Lipinski definition) is 0. The molecule has 1 aromatic heterocycles. The van der Waals surface area contributed by atoms with Crippen LogP contribution in [-0.4, -0.2) is 40.1 Å². The lowest BCUT2D eigenvalue weighted by atomic mass is 10.1. The van der Waals surface area contributed by atoms with Crippen molar-refractivity contribution in [1.29, 1.82) is 0 Å². The van der Waals surface area contributed by atoms with E-state index in [0.717, 1.165) is 40.8 Å². The number of aryl methyl sites for hydroxylation is 1. The van der Waals surface area contributed by atoms with E-state index in [2.05, 4.69) is 19.1 Å². The van der Waals surface area contributed by atoms with Crippen molar-refractivity contribution in [3.8, 4) is 0 Å². The SMILES string of the molecule is CC1Cc2nc(SCCC3OCCO3)n(CCc3ccccc3)c(=O)c2S1. The topological polar surface area (TPSA) is 53.4 Å². The van der Waals surface area contributed by atoms with E-state index in [1.807, 2.05) is 22.8 Å². The number of aromatic nitrogens is 2. The molecule has 2 aromatic rings. The molecule has 27 heavy (non-hydrogen) atoms. The van der Waals surface area contributed by atoms with Gasteiger partial charge in [0.15, 0.2) is 11.4 Å². The highest BCUT2D eigenvalue weighted by molar-refractivity contribution is 8.00. The summed E-state index contributed by atoms with van der Waals surface area (Å²) in [6.45, 7) is 4.14. The molecule has 0 N–H and O–H groups in total. The number of thioether (sulfide) groups is 2. The molecule has 5 nitrogen and oxygen atoms in total. The summed E-state index contributed by atoms with van der Waals surface area (Å²) in [6, 6.07) is 10.3. The van der Waals surface area contributed by atoms with Gasteiger partial charge < -0.3 is 9.47 Å². The third kappa shape index (κ3) is 4.59. The summed E-state index contributed by atoms with van der Waals surface area (Å²) >= 11 is 3.29. The van der Waals surface area contributed by atoms with Crippen LogP contribution < -0.4 is 5.56 Å². The number of hydrogen-bond acceptors (Lipinski definition) is 6. The lowest BCUT2D eigenvalue weighted by molar-refractivity contribution is -0.0421. The van der Waals surface area contributed by atoms with Crippen molar-refractivity contribution in [2.24, 2.45) is 0 Å². The van der Waals surface area contributed by atoms with E-state index in [4.69, 9.17) is 14.5 Å². The molecule has 7 heteroatoms. The second-order valence-corrected chi connectivity index (χ2v) is 9.31. The van der Waals surface area contributed by atoms with E-state index in [0.29, 0.717) is 25.0 Å². The second kappa shape index (κ2) is 8.82. The number of nitrogens with zero attached hydrogens (tertiary/aromatic N) is 2. The lowest BCUT2D eigenvalue weighted by Gasteiger charge is -2.14. The zero-order valence-electron chi connectivity index (χ0n) is 15.4. The van der Waals surface area contributed by atoms with E-state index < -0.39 is 0 Å². The van der Waals surface area contributed by atoms with Gasteiger partial charge in [-0.05, 0) is 12.0 Å². The third-order valence-electron chi connectivity index (χ3n) is 4.71. The van der Waals surface area contributed by atoms with E-state index in [1.54, 1.807) is 23.5 Å². The normalized spacial score (nSPS) is 19.5. The van der Waals surface area contributed by atoms with Gasteiger partial charge in [-0.2, -0.15) is 0 Å². The first-order valence-electron chi connectivity index (χ1n) is 9.41. The Morgan fingerprint density at radius 3 is 2.81 bits per heavy atom. The number of ether oxygens (including phenoxy) is 2. The average molecular weight is 405 g/mol. The molecule has 0 spiro atoms. The maximum Gasteiger partial charge on any atom is 0.268 e. The maximum atomic E-state index is 13.1. The molecule has 1 atom stereocenters. The van der Waals surface area contributed by atoms with Gasteiger partial charge in [-0.1, -0.05) is 49.0 Å². The van der Waals surface area contributed by atoms with Crippen molar-refractivity contribution in [2.45, 2.75) is 54.3 Å². The largest absolute Gasteiger partial charge is 0.350 e. The molecule has 3 heterocycles. The molecule has 1 unspecified atom stereocenters. The fourth-order valence-electron chi connectivity index (χ4n) is 3.34. The van der Waals surface area contributed by atoms with E-state index in [1.165, 1.54) is 5.56 Å². The lowest BCUT2D eigenvalue weighted by Crippen LogP contribution is -2.26. The van der Waals surface area contributed by atoms with Crippen molar-refractivity contribution in [3.63, 3.8) is 0 Å². The van der Waals surface area contributed by atoms with Gasteiger partial charge in [-0.25, -0.2) is 4.98 Å². The molecule has 2 aliphatic rings. The van der Waals surface area contributed by atoms with Crippen molar-refractivity contribution >= 4 is 23.5 Å². The summed E-state index contributed by atoms with van der Waals surface area (Å²) in [6.07, 6.45) is 2.38. The van der Waals surface area contributed by atoms with Crippen LogP contribution in [0.4, 0.5) is 0 Å². The van der Waals surface area contributed by atoms with Crippen LogP contribution in [0, 0.1) is 0 Å². The molecule has 1 saturated heterocycles. The highest BCUT2D eigenvalue weighted by Gasteiger charge is 2.26. The Morgan fingerprint density at radius 2 is 2.04 bits per heavy atom.